The van der Waals surface area contributed by atoms with Gasteiger partial charge in [0.25, 0.3) is 5.91 Å². The van der Waals surface area contributed by atoms with Crippen molar-refractivity contribution in [2.45, 2.75) is 13.8 Å². The molecule has 0 atom stereocenters. The van der Waals surface area contributed by atoms with E-state index in [0.717, 1.165) is 0 Å². The summed E-state index contributed by atoms with van der Waals surface area (Å²) in [5.41, 5.74) is 1.15. The van der Waals surface area contributed by atoms with Crippen molar-refractivity contribution in [1.29, 1.82) is 0 Å². The molecule has 19 heavy (non-hydrogen) atoms. The van der Waals surface area contributed by atoms with Crippen molar-refractivity contribution in [3.05, 3.63) is 29.8 Å². The molecule has 0 radical (unpaired) electrons. The lowest BCUT2D eigenvalue weighted by molar-refractivity contribution is 0.0827. The normalized spacial score (nSPS) is 10.2. The van der Waals surface area contributed by atoms with Crippen molar-refractivity contribution in [1.82, 2.24) is 10.2 Å². The minimum Gasteiger partial charge on any atom is -0.345 e. The molecule has 0 unspecified atom stereocenters. The molecule has 0 aliphatic heterocycles. The highest BCUT2D eigenvalue weighted by Gasteiger charge is 2.09. The largest absolute Gasteiger partial charge is 0.345 e. The first kappa shape index (κ1) is 15.0. The Morgan fingerprint density at radius 1 is 1.26 bits per heavy atom. The number of hydrogen-bond donors (Lipinski definition) is 2. The molecular weight excluding hydrogens is 242 g/mol. The molecule has 0 aliphatic carbocycles. The average molecular weight is 263 g/mol. The second-order valence-electron chi connectivity index (χ2n) is 5.01. The van der Waals surface area contributed by atoms with Crippen LogP contribution in [0.3, 0.4) is 0 Å². The summed E-state index contributed by atoms with van der Waals surface area (Å²) in [5, 5.41) is 5.47. The first-order valence-corrected chi connectivity index (χ1v) is 6.26. The van der Waals surface area contributed by atoms with E-state index in [9.17, 15) is 9.59 Å². The zero-order valence-corrected chi connectivity index (χ0v) is 11.9. The summed E-state index contributed by atoms with van der Waals surface area (Å²) in [5.74, 6) is 0.304. The molecule has 1 rings (SSSR count). The lowest BCUT2D eigenvalue weighted by Crippen LogP contribution is -2.31. The lowest BCUT2D eigenvalue weighted by Gasteiger charge is -2.12. The maximum Gasteiger partial charge on any atom is 0.319 e. The Kier molecular flexibility index (Phi) is 5.36. The van der Waals surface area contributed by atoms with Gasteiger partial charge in [0.2, 0.25) is 0 Å². The van der Waals surface area contributed by atoms with E-state index >= 15 is 0 Å². The molecule has 3 amide bonds. The highest BCUT2D eigenvalue weighted by atomic mass is 16.2. The van der Waals surface area contributed by atoms with Gasteiger partial charge in [-0.1, -0.05) is 19.9 Å². The smallest absolute Gasteiger partial charge is 0.319 e. The first-order chi connectivity index (χ1) is 8.90. The number of anilines is 1. The number of hydrogen-bond acceptors (Lipinski definition) is 2. The number of benzene rings is 1. The average Bonchev–Trinajstić information content (AvgIpc) is 2.35. The summed E-state index contributed by atoms with van der Waals surface area (Å²) in [6.07, 6.45) is 0. The molecule has 1 aromatic rings. The standard InChI is InChI=1S/C14H21N3O2/c1-10(2)9-15-14(19)16-12-7-5-6-11(8-12)13(18)17(3)4/h5-8,10H,9H2,1-4H3,(H2,15,16,19). The van der Waals surface area contributed by atoms with Crippen molar-refractivity contribution < 1.29 is 9.59 Å². The summed E-state index contributed by atoms with van der Waals surface area (Å²) in [6, 6.07) is 6.62. The summed E-state index contributed by atoms with van der Waals surface area (Å²) in [4.78, 5) is 24.9. The van der Waals surface area contributed by atoms with Crippen LogP contribution >= 0.6 is 0 Å². The van der Waals surface area contributed by atoms with Gasteiger partial charge >= 0.3 is 6.03 Å². The number of carbonyl (C=O) groups is 2. The molecule has 5 heteroatoms. The zero-order valence-electron chi connectivity index (χ0n) is 11.9. The highest BCUT2D eigenvalue weighted by molar-refractivity contribution is 5.96. The molecule has 0 heterocycles. The molecule has 0 spiro atoms. The fourth-order valence-electron chi connectivity index (χ4n) is 1.46. The third-order valence-corrected chi connectivity index (χ3v) is 2.44. The van der Waals surface area contributed by atoms with Crippen LogP contribution in [0, 0.1) is 5.92 Å². The van der Waals surface area contributed by atoms with Gasteiger partial charge in [0.1, 0.15) is 0 Å². The van der Waals surface area contributed by atoms with E-state index in [1.54, 1.807) is 38.4 Å². The van der Waals surface area contributed by atoms with Gasteiger partial charge in [0.05, 0.1) is 0 Å². The van der Waals surface area contributed by atoms with E-state index in [0.29, 0.717) is 23.7 Å². The van der Waals surface area contributed by atoms with Gasteiger partial charge < -0.3 is 15.5 Å². The summed E-state index contributed by atoms with van der Waals surface area (Å²) >= 11 is 0. The monoisotopic (exact) mass is 263 g/mol. The second-order valence-corrected chi connectivity index (χ2v) is 5.01. The molecule has 0 fully saturated rings. The van der Waals surface area contributed by atoms with Crippen LogP contribution in [0.4, 0.5) is 10.5 Å². The Morgan fingerprint density at radius 3 is 2.53 bits per heavy atom. The van der Waals surface area contributed by atoms with E-state index in [1.165, 1.54) is 4.90 Å². The number of rotatable bonds is 4. The summed E-state index contributed by atoms with van der Waals surface area (Å²) < 4.78 is 0. The summed E-state index contributed by atoms with van der Waals surface area (Å²) in [7, 11) is 3.38. The third kappa shape index (κ3) is 4.99. The predicted octanol–water partition coefficient (Wildman–Crippen LogP) is 2.17. The highest BCUT2D eigenvalue weighted by Crippen LogP contribution is 2.11. The van der Waals surface area contributed by atoms with E-state index in [2.05, 4.69) is 10.6 Å². The molecule has 5 nitrogen and oxygen atoms in total. The van der Waals surface area contributed by atoms with Crippen molar-refractivity contribution in [3.63, 3.8) is 0 Å². The number of amides is 3. The molecule has 0 aromatic heterocycles. The van der Waals surface area contributed by atoms with Gasteiger partial charge in [-0.15, -0.1) is 0 Å². The van der Waals surface area contributed by atoms with Gasteiger partial charge in [0, 0.05) is 31.9 Å². The van der Waals surface area contributed by atoms with Crippen molar-refractivity contribution >= 4 is 17.6 Å². The van der Waals surface area contributed by atoms with Gasteiger partial charge in [-0.3, -0.25) is 4.79 Å². The first-order valence-electron chi connectivity index (χ1n) is 6.26. The van der Waals surface area contributed by atoms with E-state index < -0.39 is 0 Å². The topological polar surface area (TPSA) is 61.4 Å². The second kappa shape index (κ2) is 6.78. The van der Waals surface area contributed by atoms with Gasteiger partial charge in [0.15, 0.2) is 0 Å². The Morgan fingerprint density at radius 2 is 1.95 bits per heavy atom. The van der Waals surface area contributed by atoms with Crippen LogP contribution in [0.2, 0.25) is 0 Å². The van der Waals surface area contributed by atoms with Crippen molar-refractivity contribution in [2.75, 3.05) is 26.0 Å². The van der Waals surface area contributed by atoms with Crippen LogP contribution in [0.1, 0.15) is 24.2 Å². The van der Waals surface area contributed by atoms with Crippen LogP contribution in [-0.2, 0) is 0 Å². The molecule has 104 valence electrons. The molecule has 0 saturated heterocycles. The van der Waals surface area contributed by atoms with Crippen LogP contribution in [-0.4, -0.2) is 37.5 Å². The van der Waals surface area contributed by atoms with Gasteiger partial charge in [-0.25, -0.2) is 4.79 Å². The molecule has 0 saturated carbocycles. The van der Waals surface area contributed by atoms with Crippen molar-refractivity contribution in [2.24, 2.45) is 5.92 Å². The molecular formula is C14H21N3O2. The van der Waals surface area contributed by atoms with Crippen LogP contribution in [0.15, 0.2) is 24.3 Å². The van der Waals surface area contributed by atoms with Gasteiger partial charge in [-0.2, -0.15) is 0 Å². The quantitative estimate of drug-likeness (QED) is 0.874. The number of carbonyl (C=O) groups excluding carboxylic acids is 2. The Bertz CT molecular complexity index is 456. The number of nitrogens with zero attached hydrogens (tertiary/aromatic N) is 1. The SMILES string of the molecule is CC(C)CNC(=O)Nc1cccc(C(=O)N(C)C)c1. The fraction of sp³-hybridized carbons (Fsp3) is 0.429. The zero-order chi connectivity index (χ0) is 14.4. The Balaban J connectivity index is 2.67. The Hall–Kier alpha value is -2.04. The molecule has 2 N–H and O–H groups in total. The minimum absolute atomic E-state index is 0.0914. The number of urea groups is 1. The third-order valence-electron chi connectivity index (χ3n) is 2.44. The fourth-order valence-corrected chi connectivity index (χ4v) is 1.46. The van der Waals surface area contributed by atoms with E-state index in [1.807, 2.05) is 13.8 Å². The maximum atomic E-state index is 11.8. The maximum absolute atomic E-state index is 11.8. The minimum atomic E-state index is -0.261. The van der Waals surface area contributed by atoms with Crippen molar-refractivity contribution in [3.8, 4) is 0 Å². The van der Waals surface area contributed by atoms with Crippen LogP contribution in [0.5, 0.6) is 0 Å². The Labute approximate surface area is 114 Å². The van der Waals surface area contributed by atoms with Crippen LogP contribution in [0.25, 0.3) is 0 Å². The van der Waals surface area contributed by atoms with E-state index in [-0.39, 0.29) is 11.9 Å². The molecule has 0 bridgehead atoms. The summed E-state index contributed by atoms with van der Waals surface area (Å²) in [6.45, 7) is 4.66. The molecule has 0 aliphatic rings. The number of nitrogens with one attached hydrogen (secondary N) is 2. The van der Waals surface area contributed by atoms with E-state index in [4.69, 9.17) is 0 Å². The predicted molar refractivity (Wildman–Crippen MR) is 76.3 cm³/mol. The van der Waals surface area contributed by atoms with Crippen LogP contribution < -0.4 is 10.6 Å². The lowest BCUT2D eigenvalue weighted by atomic mass is 10.2. The molecule has 1 aromatic carbocycles. The van der Waals surface area contributed by atoms with Gasteiger partial charge in [-0.05, 0) is 24.1 Å².